The Morgan fingerprint density at radius 1 is 1.46 bits per heavy atom. The summed E-state index contributed by atoms with van der Waals surface area (Å²) in [5, 5.41) is 0. The average Bonchev–Trinajstić information content (AvgIpc) is 2.34. The lowest BCUT2D eigenvalue weighted by Crippen LogP contribution is -2.47. The van der Waals surface area contributed by atoms with Crippen LogP contribution in [-0.2, 0) is 9.53 Å². The second-order valence-corrected chi connectivity index (χ2v) is 3.84. The molecule has 2 aliphatic rings. The molecular formula is C9H14N2O2. The molecule has 0 aromatic rings. The van der Waals surface area contributed by atoms with E-state index < -0.39 is 5.60 Å². The van der Waals surface area contributed by atoms with Gasteiger partial charge in [0.15, 0.2) is 11.5 Å². The predicted octanol–water partition coefficient (Wildman–Crippen LogP) is 0.426. The normalized spacial score (nSPS) is 27.5. The van der Waals surface area contributed by atoms with E-state index in [4.69, 9.17) is 4.74 Å². The fraction of sp³-hybridized carbons (Fsp3) is 0.778. The number of rotatable bonds is 0. The van der Waals surface area contributed by atoms with E-state index in [-0.39, 0.29) is 5.91 Å². The van der Waals surface area contributed by atoms with Gasteiger partial charge >= 0.3 is 0 Å². The van der Waals surface area contributed by atoms with Crippen molar-refractivity contribution in [3.8, 4) is 0 Å². The molecule has 2 aliphatic heterocycles. The Morgan fingerprint density at radius 3 is 2.54 bits per heavy atom. The van der Waals surface area contributed by atoms with Crippen LogP contribution in [0.2, 0.25) is 0 Å². The average molecular weight is 182 g/mol. The van der Waals surface area contributed by atoms with Crippen LogP contribution in [0, 0.1) is 0 Å². The number of ether oxygens (including phenoxy) is 1. The topological polar surface area (TPSA) is 41.9 Å². The molecule has 1 fully saturated rings. The van der Waals surface area contributed by atoms with Crippen molar-refractivity contribution < 1.29 is 9.53 Å². The number of hydrogen-bond donors (Lipinski definition) is 0. The molecule has 1 saturated heterocycles. The first-order valence-electron chi connectivity index (χ1n) is 4.60. The minimum Gasteiger partial charge on any atom is -0.464 e. The predicted molar refractivity (Wildman–Crippen MR) is 48.7 cm³/mol. The Bertz CT molecular complexity index is 265. The van der Waals surface area contributed by atoms with Gasteiger partial charge in [-0.2, -0.15) is 4.99 Å². The van der Waals surface area contributed by atoms with Gasteiger partial charge in [0, 0.05) is 32.9 Å². The molecule has 0 atom stereocenters. The van der Waals surface area contributed by atoms with Crippen LogP contribution in [0.3, 0.4) is 0 Å². The summed E-state index contributed by atoms with van der Waals surface area (Å²) in [5.41, 5.74) is -0.601. The summed E-state index contributed by atoms with van der Waals surface area (Å²) < 4.78 is 5.52. The summed E-state index contributed by atoms with van der Waals surface area (Å²) in [5.74, 6) is 0.438. The summed E-state index contributed by atoms with van der Waals surface area (Å²) in [7, 11) is 2.06. The second-order valence-electron chi connectivity index (χ2n) is 3.84. The van der Waals surface area contributed by atoms with Gasteiger partial charge in [-0.1, -0.05) is 0 Å². The quantitative estimate of drug-likeness (QED) is 0.545. The lowest BCUT2D eigenvalue weighted by atomic mass is 9.91. The summed E-state index contributed by atoms with van der Waals surface area (Å²) in [6.45, 7) is 3.56. The molecular weight excluding hydrogens is 168 g/mol. The van der Waals surface area contributed by atoms with Gasteiger partial charge in [-0.25, -0.2) is 0 Å². The largest absolute Gasteiger partial charge is 0.464 e. The van der Waals surface area contributed by atoms with Crippen LogP contribution in [0.15, 0.2) is 4.99 Å². The van der Waals surface area contributed by atoms with Crippen LogP contribution >= 0.6 is 0 Å². The number of piperidine rings is 1. The van der Waals surface area contributed by atoms with Gasteiger partial charge in [-0.15, -0.1) is 0 Å². The molecule has 0 unspecified atom stereocenters. The van der Waals surface area contributed by atoms with Gasteiger partial charge in [0.2, 0.25) is 0 Å². The molecule has 4 heteroatoms. The van der Waals surface area contributed by atoms with Crippen molar-refractivity contribution in [1.29, 1.82) is 0 Å². The lowest BCUT2D eigenvalue weighted by Gasteiger charge is -2.34. The van der Waals surface area contributed by atoms with Gasteiger partial charge in [-0.05, 0) is 7.05 Å². The van der Waals surface area contributed by atoms with E-state index in [1.165, 1.54) is 0 Å². The Balaban J connectivity index is 2.12. The monoisotopic (exact) mass is 182 g/mol. The summed E-state index contributed by atoms with van der Waals surface area (Å²) in [4.78, 5) is 17.6. The van der Waals surface area contributed by atoms with Crippen LogP contribution in [0.5, 0.6) is 0 Å². The summed E-state index contributed by atoms with van der Waals surface area (Å²) >= 11 is 0. The Hall–Kier alpha value is -0.900. The highest BCUT2D eigenvalue weighted by atomic mass is 16.5. The van der Waals surface area contributed by atoms with Crippen LogP contribution in [-0.4, -0.2) is 42.4 Å². The Labute approximate surface area is 77.6 Å². The van der Waals surface area contributed by atoms with Crippen molar-refractivity contribution in [1.82, 2.24) is 4.90 Å². The maximum atomic E-state index is 11.5. The van der Waals surface area contributed by atoms with Gasteiger partial charge in [-0.3, -0.25) is 4.79 Å². The smallest absolute Gasteiger partial charge is 0.292 e. The molecule has 13 heavy (non-hydrogen) atoms. The number of amides is 1. The van der Waals surface area contributed by atoms with Crippen LogP contribution in [0.1, 0.15) is 19.8 Å². The number of hydrogen-bond acceptors (Lipinski definition) is 3. The molecule has 0 radical (unpaired) electrons. The molecule has 1 spiro atoms. The maximum Gasteiger partial charge on any atom is 0.292 e. The second kappa shape index (κ2) is 2.80. The Kier molecular flexibility index (Phi) is 1.87. The van der Waals surface area contributed by atoms with Crippen molar-refractivity contribution in [3.05, 3.63) is 0 Å². The highest BCUT2D eigenvalue weighted by Crippen LogP contribution is 2.31. The van der Waals surface area contributed by atoms with Crippen LogP contribution in [0.25, 0.3) is 0 Å². The zero-order valence-corrected chi connectivity index (χ0v) is 8.04. The molecule has 2 heterocycles. The zero-order chi connectivity index (χ0) is 9.47. The van der Waals surface area contributed by atoms with Gasteiger partial charge in [0.25, 0.3) is 5.91 Å². The van der Waals surface area contributed by atoms with E-state index in [2.05, 4.69) is 16.9 Å². The van der Waals surface area contributed by atoms with Crippen LogP contribution in [0.4, 0.5) is 0 Å². The standard InChI is InChI=1S/C9H14N2O2/c1-7-10-8(12)9(13-7)3-5-11(2)6-4-9/h3-6H2,1-2H3. The van der Waals surface area contributed by atoms with E-state index >= 15 is 0 Å². The van der Waals surface area contributed by atoms with E-state index in [9.17, 15) is 4.79 Å². The van der Waals surface area contributed by atoms with E-state index in [0.717, 1.165) is 25.9 Å². The molecule has 0 aromatic heterocycles. The zero-order valence-electron chi connectivity index (χ0n) is 8.04. The SMILES string of the molecule is CC1=NC(=O)C2(CCN(C)CC2)O1. The molecule has 0 aromatic carbocycles. The van der Waals surface area contributed by atoms with Crippen molar-refractivity contribution in [3.63, 3.8) is 0 Å². The molecule has 2 rings (SSSR count). The third-order valence-electron chi connectivity index (χ3n) is 2.79. The first kappa shape index (κ1) is 8.69. The van der Waals surface area contributed by atoms with Gasteiger partial charge in [0.1, 0.15) is 0 Å². The van der Waals surface area contributed by atoms with E-state index in [1.807, 2.05) is 0 Å². The number of carbonyl (C=O) groups excluding carboxylic acids is 1. The van der Waals surface area contributed by atoms with Gasteiger partial charge < -0.3 is 9.64 Å². The van der Waals surface area contributed by atoms with E-state index in [1.54, 1.807) is 6.92 Å². The van der Waals surface area contributed by atoms with Crippen molar-refractivity contribution >= 4 is 11.8 Å². The number of likely N-dealkylation sites (tertiary alicyclic amines) is 1. The van der Waals surface area contributed by atoms with Crippen LogP contribution < -0.4 is 0 Å². The summed E-state index contributed by atoms with van der Waals surface area (Å²) in [6, 6.07) is 0. The Morgan fingerprint density at radius 2 is 2.08 bits per heavy atom. The number of nitrogens with zero attached hydrogens (tertiary/aromatic N) is 2. The molecule has 72 valence electrons. The highest BCUT2D eigenvalue weighted by molar-refractivity contribution is 6.01. The fourth-order valence-electron chi connectivity index (χ4n) is 1.89. The first-order valence-corrected chi connectivity index (χ1v) is 4.60. The number of aliphatic imine (C=N–C) groups is 1. The molecule has 1 amide bonds. The maximum absolute atomic E-state index is 11.5. The molecule has 0 N–H and O–H groups in total. The lowest BCUT2D eigenvalue weighted by molar-refractivity contribution is -0.134. The first-order chi connectivity index (χ1) is 6.12. The van der Waals surface area contributed by atoms with Gasteiger partial charge in [0.05, 0.1) is 0 Å². The van der Waals surface area contributed by atoms with E-state index in [0.29, 0.717) is 5.90 Å². The third-order valence-corrected chi connectivity index (χ3v) is 2.79. The third kappa shape index (κ3) is 1.35. The van der Waals surface area contributed by atoms with Crippen molar-refractivity contribution in [2.75, 3.05) is 20.1 Å². The highest BCUT2D eigenvalue weighted by Gasteiger charge is 2.46. The van der Waals surface area contributed by atoms with Crippen molar-refractivity contribution in [2.45, 2.75) is 25.4 Å². The molecule has 0 bridgehead atoms. The molecule has 0 aliphatic carbocycles. The summed E-state index contributed by atoms with van der Waals surface area (Å²) in [6.07, 6.45) is 1.53. The molecule has 4 nitrogen and oxygen atoms in total. The minimum atomic E-state index is -0.601. The minimum absolute atomic E-state index is 0.0851. The fourth-order valence-corrected chi connectivity index (χ4v) is 1.89. The number of carbonyl (C=O) groups is 1. The van der Waals surface area contributed by atoms with Crippen molar-refractivity contribution in [2.24, 2.45) is 4.99 Å². The molecule has 0 saturated carbocycles.